The Morgan fingerprint density at radius 1 is 1.50 bits per heavy atom. The van der Waals surface area contributed by atoms with Crippen LogP contribution < -0.4 is 0 Å². The highest BCUT2D eigenvalue weighted by molar-refractivity contribution is 6.52. The molecule has 0 spiro atoms. The van der Waals surface area contributed by atoms with Gasteiger partial charge in [0.05, 0.1) is 0 Å². The van der Waals surface area contributed by atoms with Crippen molar-refractivity contribution in [2.45, 2.75) is 18.8 Å². The average Bonchev–Trinajstić information content (AvgIpc) is 1.62. The van der Waals surface area contributed by atoms with E-state index < -0.39 is 14.8 Å². The topological polar surface area (TPSA) is 20.2 Å². The second kappa shape index (κ2) is 2.50. The van der Waals surface area contributed by atoms with Crippen LogP contribution in [0.5, 0.6) is 0 Å². The summed E-state index contributed by atoms with van der Waals surface area (Å²) in [6.45, 7) is 1.34. The van der Waals surface area contributed by atoms with E-state index in [1.54, 1.807) is 0 Å². The molecule has 1 nitrogen and oxygen atoms in total. The van der Waals surface area contributed by atoms with Gasteiger partial charge in [0.25, 0.3) is 9.04 Å². The highest BCUT2D eigenvalue weighted by Gasteiger charge is 2.38. The third-order valence-corrected chi connectivity index (χ3v) is 2.29. The molecule has 0 aliphatic heterocycles. The highest BCUT2D eigenvalue weighted by atomic mass is 28.3. The van der Waals surface area contributed by atoms with Gasteiger partial charge in [-0.3, -0.25) is 0 Å². The first kappa shape index (κ1) is 7.97. The first-order chi connectivity index (χ1) is 3.48. The van der Waals surface area contributed by atoms with Crippen LogP contribution in [0.2, 0.25) is 6.04 Å². The maximum atomic E-state index is 11.3. The first-order valence-corrected chi connectivity index (χ1v) is 4.14. The zero-order chi connectivity index (χ0) is 6.78. The predicted octanol–water partition coefficient (Wildman–Crippen LogP) is 0.824. The SMILES string of the molecule is CC[SiH](O)C(F)(F)F. The van der Waals surface area contributed by atoms with Crippen LogP contribution in [0.25, 0.3) is 0 Å². The van der Waals surface area contributed by atoms with Crippen molar-refractivity contribution in [3.8, 4) is 0 Å². The second-order valence-corrected chi connectivity index (χ2v) is 3.97. The van der Waals surface area contributed by atoms with Crippen molar-refractivity contribution >= 4 is 9.04 Å². The number of alkyl halides is 3. The van der Waals surface area contributed by atoms with Crippen LogP contribution in [0, 0.1) is 0 Å². The Morgan fingerprint density at radius 2 is 1.88 bits per heavy atom. The van der Waals surface area contributed by atoms with E-state index in [1.165, 1.54) is 6.92 Å². The fraction of sp³-hybridized carbons (Fsp3) is 1.00. The fourth-order valence-corrected chi connectivity index (χ4v) is 0.694. The van der Waals surface area contributed by atoms with Crippen LogP contribution in [0.15, 0.2) is 0 Å². The third-order valence-electron chi connectivity index (χ3n) is 0.765. The summed E-state index contributed by atoms with van der Waals surface area (Å²) in [4.78, 5) is 8.21. The van der Waals surface area contributed by atoms with Crippen LogP contribution in [0.4, 0.5) is 13.2 Å². The summed E-state index contributed by atoms with van der Waals surface area (Å²) < 4.78 is 33.8. The molecular weight excluding hydrogens is 137 g/mol. The van der Waals surface area contributed by atoms with E-state index in [-0.39, 0.29) is 6.04 Å². The quantitative estimate of drug-likeness (QED) is 0.540. The summed E-state index contributed by atoms with van der Waals surface area (Å²) in [5, 5.41) is 0. The van der Waals surface area contributed by atoms with E-state index in [0.717, 1.165) is 0 Å². The molecule has 1 N–H and O–H groups in total. The molecule has 0 aliphatic rings. The van der Waals surface area contributed by atoms with Crippen molar-refractivity contribution in [3.63, 3.8) is 0 Å². The van der Waals surface area contributed by atoms with Crippen LogP contribution >= 0.6 is 0 Å². The molecule has 8 heavy (non-hydrogen) atoms. The molecule has 0 rings (SSSR count). The predicted molar refractivity (Wildman–Crippen MR) is 25.9 cm³/mol. The molecule has 0 aliphatic carbocycles. The largest absolute Gasteiger partial charge is 0.426 e. The molecule has 0 aromatic heterocycles. The van der Waals surface area contributed by atoms with Gasteiger partial charge in [0.15, 0.2) is 0 Å². The zero-order valence-corrected chi connectivity index (χ0v) is 5.52. The molecular formula is C3H7F3OSi. The fourth-order valence-electron chi connectivity index (χ4n) is 0.231. The van der Waals surface area contributed by atoms with Crippen molar-refractivity contribution in [1.82, 2.24) is 0 Å². The smallest absolute Gasteiger partial charge is 0.385 e. The molecule has 0 bridgehead atoms. The summed E-state index contributed by atoms with van der Waals surface area (Å²) in [6, 6.07) is -0.135. The van der Waals surface area contributed by atoms with Crippen molar-refractivity contribution in [2.24, 2.45) is 0 Å². The average molecular weight is 144 g/mol. The van der Waals surface area contributed by atoms with E-state index in [1.807, 2.05) is 0 Å². The van der Waals surface area contributed by atoms with Crippen LogP contribution in [0.3, 0.4) is 0 Å². The number of rotatable bonds is 1. The molecule has 5 heteroatoms. The van der Waals surface area contributed by atoms with Gasteiger partial charge in [0.2, 0.25) is 0 Å². The molecule has 0 saturated heterocycles. The van der Waals surface area contributed by atoms with E-state index in [4.69, 9.17) is 4.80 Å². The molecule has 0 heterocycles. The van der Waals surface area contributed by atoms with Gasteiger partial charge in [-0.2, -0.15) is 13.2 Å². The van der Waals surface area contributed by atoms with E-state index in [2.05, 4.69) is 0 Å². The lowest BCUT2D eigenvalue weighted by atomic mass is 11.0. The monoisotopic (exact) mass is 144 g/mol. The Morgan fingerprint density at radius 3 is 1.88 bits per heavy atom. The van der Waals surface area contributed by atoms with Gasteiger partial charge in [-0.05, 0) is 6.04 Å². The maximum Gasteiger partial charge on any atom is 0.385 e. The molecule has 0 saturated carbocycles. The molecule has 50 valence electrons. The minimum absolute atomic E-state index is 0.135. The summed E-state index contributed by atoms with van der Waals surface area (Å²) in [5.41, 5.74) is 0. The molecule has 0 radical (unpaired) electrons. The van der Waals surface area contributed by atoms with Gasteiger partial charge < -0.3 is 4.80 Å². The lowest BCUT2D eigenvalue weighted by molar-refractivity contribution is -0.0623. The zero-order valence-electron chi connectivity index (χ0n) is 4.37. The lowest BCUT2D eigenvalue weighted by Crippen LogP contribution is -2.32. The van der Waals surface area contributed by atoms with E-state index >= 15 is 0 Å². The minimum atomic E-state index is -4.30. The summed E-state index contributed by atoms with van der Waals surface area (Å²) in [7, 11) is -3.37. The Labute approximate surface area is 46.9 Å². The summed E-state index contributed by atoms with van der Waals surface area (Å²) in [6.07, 6.45) is 0. The van der Waals surface area contributed by atoms with Crippen LogP contribution in [-0.4, -0.2) is 19.6 Å². The Bertz CT molecular complexity index is 71.4. The minimum Gasteiger partial charge on any atom is -0.426 e. The molecule has 0 fully saturated rings. The normalized spacial score (nSPS) is 16.1. The van der Waals surface area contributed by atoms with Gasteiger partial charge in [0, 0.05) is 0 Å². The van der Waals surface area contributed by atoms with E-state index in [0.29, 0.717) is 0 Å². The van der Waals surface area contributed by atoms with Gasteiger partial charge in [-0.15, -0.1) is 0 Å². The van der Waals surface area contributed by atoms with Crippen LogP contribution in [0.1, 0.15) is 6.92 Å². The van der Waals surface area contributed by atoms with Gasteiger partial charge >= 0.3 is 5.80 Å². The van der Waals surface area contributed by atoms with Crippen LogP contribution in [-0.2, 0) is 0 Å². The lowest BCUT2D eigenvalue weighted by Gasteiger charge is -2.08. The van der Waals surface area contributed by atoms with Gasteiger partial charge in [0.1, 0.15) is 0 Å². The van der Waals surface area contributed by atoms with Gasteiger partial charge in [-0.25, -0.2) is 0 Å². The molecule has 1 unspecified atom stereocenters. The molecule has 0 amide bonds. The van der Waals surface area contributed by atoms with Gasteiger partial charge in [-0.1, -0.05) is 6.92 Å². The van der Waals surface area contributed by atoms with Crippen molar-refractivity contribution in [2.75, 3.05) is 0 Å². The molecule has 0 aromatic carbocycles. The Kier molecular flexibility index (Phi) is 2.49. The third kappa shape index (κ3) is 2.32. The summed E-state index contributed by atoms with van der Waals surface area (Å²) in [5.74, 6) is -4.30. The summed E-state index contributed by atoms with van der Waals surface area (Å²) >= 11 is 0. The molecule has 0 aromatic rings. The highest BCUT2D eigenvalue weighted by Crippen LogP contribution is 2.18. The number of halogens is 3. The standard InChI is InChI=1S/C3H7F3OSi/c1-2-8(7)3(4,5)6/h7-8H,2H2,1H3. The number of hydrogen-bond donors (Lipinski definition) is 1. The first-order valence-electron chi connectivity index (χ1n) is 2.23. The van der Waals surface area contributed by atoms with E-state index in [9.17, 15) is 13.2 Å². The number of hydrogen-bond acceptors (Lipinski definition) is 1. The second-order valence-electron chi connectivity index (χ2n) is 1.47. The Balaban J connectivity index is 3.62. The van der Waals surface area contributed by atoms with Crippen molar-refractivity contribution < 1.29 is 18.0 Å². The van der Waals surface area contributed by atoms with Crippen molar-refractivity contribution in [3.05, 3.63) is 0 Å². The Hall–Kier alpha value is -0.0331. The maximum absolute atomic E-state index is 11.3. The van der Waals surface area contributed by atoms with Crippen molar-refractivity contribution in [1.29, 1.82) is 0 Å². The molecule has 1 atom stereocenters.